The summed E-state index contributed by atoms with van der Waals surface area (Å²) < 4.78 is 1.86. The van der Waals surface area contributed by atoms with Crippen molar-refractivity contribution in [3.05, 3.63) is 72.6 Å². The first kappa shape index (κ1) is 21.9. The van der Waals surface area contributed by atoms with Crippen LogP contribution in [0.15, 0.2) is 67.0 Å². The van der Waals surface area contributed by atoms with Crippen molar-refractivity contribution in [2.75, 3.05) is 36.8 Å². The van der Waals surface area contributed by atoms with Crippen molar-refractivity contribution in [2.24, 2.45) is 5.73 Å². The Hall–Kier alpha value is -3.91. The quantitative estimate of drug-likeness (QED) is 0.369. The molecule has 0 aliphatic carbocycles. The molecule has 2 aromatic carbocycles. The van der Waals surface area contributed by atoms with E-state index < -0.39 is 5.91 Å². The summed E-state index contributed by atoms with van der Waals surface area (Å²) in [7, 11) is 0. The lowest BCUT2D eigenvalue weighted by molar-refractivity contribution is 0.100. The first-order chi connectivity index (χ1) is 16.7. The van der Waals surface area contributed by atoms with E-state index in [1.807, 2.05) is 41.0 Å². The maximum Gasteiger partial charge on any atom is 0.250 e. The van der Waals surface area contributed by atoms with E-state index >= 15 is 0 Å². The smallest absolute Gasteiger partial charge is 0.250 e. The van der Waals surface area contributed by atoms with E-state index in [2.05, 4.69) is 37.6 Å². The van der Waals surface area contributed by atoms with Gasteiger partial charge in [-0.15, -0.1) is 0 Å². The number of nitrogens with two attached hydrogens (primary N) is 1. The fourth-order valence-corrected chi connectivity index (χ4v) is 4.45. The molecule has 3 heterocycles. The zero-order valence-corrected chi connectivity index (χ0v) is 19.1. The van der Waals surface area contributed by atoms with Gasteiger partial charge in [-0.05, 0) is 62.3 Å². The molecule has 34 heavy (non-hydrogen) atoms. The standard InChI is InChI=1S/C26H29N7O/c27-25(34)22-18-33(23-7-3-2-6-21(22)23)24-12-13-29-26(31-24)30-20-10-8-19(9-11-20)28-14-17-32-15-4-1-5-16-32/h2-3,6-13,18,28H,1,4-5,14-17H2,(H2,27,34)(H,29,30,31). The second kappa shape index (κ2) is 9.93. The summed E-state index contributed by atoms with van der Waals surface area (Å²) in [5.74, 6) is 0.658. The Morgan fingerprint density at radius 1 is 0.971 bits per heavy atom. The second-order valence-electron chi connectivity index (χ2n) is 8.56. The molecule has 2 aromatic heterocycles. The van der Waals surface area contributed by atoms with Crippen LogP contribution in [0.2, 0.25) is 0 Å². The van der Waals surface area contributed by atoms with Crippen LogP contribution in [0.4, 0.5) is 17.3 Å². The van der Waals surface area contributed by atoms with Gasteiger partial charge < -0.3 is 25.8 Å². The number of nitrogens with one attached hydrogen (secondary N) is 2. The molecule has 5 rings (SSSR count). The van der Waals surface area contributed by atoms with Crippen LogP contribution in [-0.4, -0.2) is 51.5 Å². The van der Waals surface area contributed by atoms with Gasteiger partial charge in [0.1, 0.15) is 5.82 Å². The van der Waals surface area contributed by atoms with Crippen LogP contribution in [-0.2, 0) is 0 Å². The highest BCUT2D eigenvalue weighted by Gasteiger charge is 2.14. The average Bonchev–Trinajstić information content (AvgIpc) is 3.26. The predicted octanol–water partition coefficient (Wildman–Crippen LogP) is 4.16. The zero-order chi connectivity index (χ0) is 23.3. The molecular weight excluding hydrogens is 426 g/mol. The van der Waals surface area contributed by atoms with Crippen molar-refractivity contribution in [1.82, 2.24) is 19.4 Å². The summed E-state index contributed by atoms with van der Waals surface area (Å²) in [5, 5.41) is 7.56. The summed E-state index contributed by atoms with van der Waals surface area (Å²) >= 11 is 0. The molecule has 174 valence electrons. The van der Waals surface area contributed by atoms with Gasteiger partial charge in [-0.3, -0.25) is 4.79 Å². The van der Waals surface area contributed by atoms with Gasteiger partial charge >= 0.3 is 0 Å². The van der Waals surface area contributed by atoms with E-state index in [4.69, 9.17) is 5.73 Å². The summed E-state index contributed by atoms with van der Waals surface area (Å²) in [4.78, 5) is 23.4. The van der Waals surface area contributed by atoms with E-state index in [-0.39, 0.29) is 0 Å². The number of amides is 1. The molecule has 8 heteroatoms. The molecule has 0 atom stereocenters. The average molecular weight is 456 g/mol. The first-order valence-corrected chi connectivity index (χ1v) is 11.7. The van der Waals surface area contributed by atoms with Crippen LogP contribution in [0.3, 0.4) is 0 Å². The monoisotopic (exact) mass is 455 g/mol. The Labute approximate surface area is 198 Å². The number of likely N-dealkylation sites (tertiary alicyclic amines) is 1. The van der Waals surface area contributed by atoms with Gasteiger partial charge in [-0.1, -0.05) is 24.6 Å². The lowest BCUT2D eigenvalue weighted by Crippen LogP contribution is -2.33. The molecule has 1 aliphatic rings. The largest absolute Gasteiger partial charge is 0.384 e. The highest BCUT2D eigenvalue weighted by Crippen LogP contribution is 2.25. The number of primary amides is 1. The number of benzene rings is 2. The van der Waals surface area contributed by atoms with E-state index in [0.717, 1.165) is 35.4 Å². The van der Waals surface area contributed by atoms with Gasteiger partial charge in [0.05, 0.1) is 11.1 Å². The number of anilines is 3. The van der Waals surface area contributed by atoms with Crippen molar-refractivity contribution < 1.29 is 4.79 Å². The molecule has 4 aromatic rings. The number of para-hydroxylation sites is 1. The van der Waals surface area contributed by atoms with Gasteiger partial charge in [0.25, 0.3) is 5.91 Å². The Balaban J connectivity index is 1.26. The van der Waals surface area contributed by atoms with Crippen LogP contribution < -0.4 is 16.4 Å². The number of hydrogen-bond donors (Lipinski definition) is 3. The third kappa shape index (κ3) is 4.87. The fourth-order valence-electron chi connectivity index (χ4n) is 4.45. The predicted molar refractivity (Wildman–Crippen MR) is 136 cm³/mol. The van der Waals surface area contributed by atoms with Crippen molar-refractivity contribution in [2.45, 2.75) is 19.3 Å². The molecule has 0 radical (unpaired) electrons. The number of carbonyl (C=O) groups excluding carboxylic acids is 1. The maximum absolute atomic E-state index is 11.9. The number of fused-ring (bicyclic) bond motifs is 1. The third-order valence-electron chi connectivity index (χ3n) is 6.21. The SMILES string of the molecule is NC(=O)c1cn(-c2ccnc(Nc3ccc(NCCN4CCCCC4)cc3)n2)c2ccccc12. The second-order valence-corrected chi connectivity index (χ2v) is 8.56. The van der Waals surface area contributed by atoms with Crippen LogP contribution in [0.5, 0.6) is 0 Å². The minimum atomic E-state index is -0.466. The van der Waals surface area contributed by atoms with Crippen LogP contribution >= 0.6 is 0 Å². The van der Waals surface area contributed by atoms with E-state index in [1.165, 1.54) is 32.4 Å². The van der Waals surface area contributed by atoms with Gasteiger partial charge in [0.2, 0.25) is 5.95 Å². The molecule has 0 saturated carbocycles. The van der Waals surface area contributed by atoms with E-state index in [9.17, 15) is 4.79 Å². The normalized spacial score (nSPS) is 14.2. The minimum Gasteiger partial charge on any atom is -0.384 e. The van der Waals surface area contributed by atoms with Gasteiger partial charge in [0, 0.05) is 42.2 Å². The van der Waals surface area contributed by atoms with Crippen LogP contribution in [0.1, 0.15) is 29.6 Å². The molecule has 1 saturated heterocycles. The number of piperidine rings is 1. The highest BCUT2D eigenvalue weighted by molar-refractivity contribution is 6.06. The lowest BCUT2D eigenvalue weighted by Gasteiger charge is -2.26. The highest BCUT2D eigenvalue weighted by atomic mass is 16.1. The Kier molecular flexibility index (Phi) is 6.40. The lowest BCUT2D eigenvalue weighted by atomic mass is 10.1. The molecule has 1 fully saturated rings. The molecule has 0 spiro atoms. The van der Waals surface area contributed by atoms with Crippen molar-refractivity contribution in [3.63, 3.8) is 0 Å². The number of carbonyl (C=O) groups is 1. The third-order valence-corrected chi connectivity index (χ3v) is 6.21. The summed E-state index contributed by atoms with van der Waals surface area (Å²) in [6.45, 7) is 4.45. The minimum absolute atomic E-state index is 0.465. The van der Waals surface area contributed by atoms with Gasteiger partial charge in [0.15, 0.2) is 0 Å². The van der Waals surface area contributed by atoms with E-state index in [0.29, 0.717) is 17.3 Å². The van der Waals surface area contributed by atoms with E-state index in [1.54, 1.807) is 18.5 Å². The maximum atomic E-state index is 11.9. The number of aromatic nitrogens is 3. The Morgan fingerprint density at radius 2 is 1.74 bits per heavy atom. The van der Waals surface area contributed by atoms with Gasteiger partial charge in [-0.2, -0.15) is 4.98 Å². The fraction of sp³-hybridized carbons (Fsp3) is 0.269. The first-order valence-electron chi connectivity index (χ1n) is 11.7. The van der Waals surface area contributed by atoms with Crippen molar-refractivity contribution in [1.29, 1.82) is 0 Å². The van der Waals surface area contributed by atoms with Crippen LogP contribution in [0.25, 0.3) is 16.7 Å². The van der Waals surface area contributed by atoms with Crippen molar-refractivity contribution in [3.8, 4) is 5.82 Å². The zero-order valence-electron chi connectivity index (χ0n) is 19.1. The molecule has 0 unspecified atom stereocenters. The Bertz CT molecular complexity index is 1280. The number of hydrogen-bond acceptors (Lipinski definition) is 6. The van der Waals surface area contributed by atoms with Gasteiger partial charge in [-0.25, -0.2) is 4.98 Å². The molecule has 0 bridgehead atoms. The number of rotatable bonds is 8. The topological polar surface area (TPSA) is 101 Å². The molecule has 8 nitrogen and oxygen atoms in total. The molecule has 1 amide bonds. The van der Waals surface area contributed by atoms with Crippen molar-refractivity contribution >= 4 is 34.1 Å². The number of nitrogens with zero attached hydrogens (tertiary/aromatic N) is 4. The van der Waals surface area contributed by atoms with Crippen LogP contribution in [0, 0.1) is 0 Å². The summed E-state index contributed by atoms with van der Waals surface area (Å²) in [6.07, 6.45) is 7.41. The summed E-state index contributed by atoms with van der Waals surface area (Å²) in [6, 6.07) is 17.6. The molecule has 4 N–H and O–H groups in total. The molecule has 1 aliphatic heterocycles. The molecular formula is C26H29N7O. The Morgan fingerprint density at radius 3 is 2.53 bits per heavy atom. The summed E-state index contributed by atoms with van der Waals surface area (Å²) in [5.41, 5.74) is 8.90.